The third kappa shape index (κ3) is 4.33. The summed E-state index contributed by atoms with van der Waals surface area (Å²) in [6, 6.07) is 14.2. The van der Waals surface area contributed by atoms with E-state index in [-0.39, 0.29) is 24.4 Å². The number of nitrogens with zero attached hydrogens (tertiary/aromatic N) is 3. The van der Waals surface area contributed by atoms with Crippen molar-refractivity contribution in [3.63, 3.8) is 0 Å². The van der Waals surface area contributed by atoms with Crippen molar-refractivity contribution in [1.82, 2.24) is 14.9 Å². The normalized spacial score (nSPS) is 19.6. The van der Waals surface area contributed by atoms with Crippen LogP contribution in [0.2, 0.25) is 0 Å². The van der Waals surface area contributed by atoms with Gasteiger partial charge in [-0.05, 0) is 66.6 Å². The van der Waals surface area contributed by atoms with Crippen LogP contribution in [-0.2, 0) is 13.1 Å². The lowest BCUT2D eigenvalue weighted by Gasteiger charge is -2.18. The first-order valence-corrected chi connectivity index (χ1v) is 10.7. The highest BCUT2D eigenvalue weighted by Crippen LogP contribution is 2.33. The van der Waals surface area contributed by atoms with E-state index in [9.17, 15) is 9.90 Å². The highest BCUT2D eigenvalue weighted by molar-refractivity contribution is 6.00. The molecular weight excluding hydrogens is 426 g/mol. The predicted molar refractivity (Wildman–Crippen MR) is 124 cm³/mol. The minimum absolute atomic E-state index is 0. The van der Waals surface area contributed by atoms with Crippen LogP contribution in [0.25, 0.3) is 11.1 Å². The Morgan fingerprint density at radius 2 is 1.84 bits per heavy atom. The molecule has 1 aromatic carbocycles. The number of fused-ring (bicyclic) bond motifs is 1. The lowest BCUT2D eigenvalue weighted by molar-refractivity contribution is 0.0553. The summed E-state index contributed by atoms with van der Waals surface area (Å²) in [6.45, 7) is 3.04. The number of hydrogen-bond donors (Lipinski definition) is 1. The number of benzene rings is 1. The summed E-state index contributed by atoms with van der Waals surface area (Å²) in [4.78, 5) is 23.5. The predicted octanol–water partition coefficient (Wildman–Crippen LogP) is 4.32. The van der Waals surface area contributed by atoms with Crippen LogP contribution in [0.1, 0.15) is 46.4 Å². The van der Waals surface area contributed by atoms with Gasteiger partial charge in [0.15, 0.2) is 0 Å². The first-order chi connectivity index (χ1) is 15.1. The van der Waals surface area contributed by atoms with Crippen LogP contribution in [0.3, 0.4) is 0 Å². The molecule has 6 nitrogen and oxygen atoms in total. The molecule has 0 saturated heterocycles. The Bertz CT molecular complexity index is 1120. The van der Waals surface area contributed by atoms with Crippen LogP contribution < -0.4 is 4.74 Å². The van der Waals surface area contributed by atoms with Crippen molar-refractivity contribution in [1.29, 1.82) is 0 Å². The fourth-order valence-electron chi connectivity index (χ4n) is 4.43. The van der Waals surface area contributed by atoms with Gasteiger partial charge in [0, 0.05) is 31.2 Å². The molecule has 2 aliphatic rings. The number of aromatic nitrogens is 2. The second-order valence-electron chi connectivity index (χ2n) is 8.35. The number of rotatable bonds is 5. The number of halogens is 1. The third-order valence-corrected chi connectivity index (χ3v) is 6.10. The number of amides is 1. The van der Waals surface area contributed by atoms with E-state index in [1.807, 2.05) is 30.2 Å². The van der Waals surface area contributed by atoms with Crippen molar-refractivity contribution in [3.8, 4) is 17.0 Å². The van der Waals surface area contributed by atoms with Crippen molar-refractivity contribution in [2.24, 2.45) is 0 Å². The molecule has 2 atom stereocenters. The molecular formula is C25H26ClN3O3. The lowest BCUT2D eigenvalue weighted by Crippen LogP contribution is -2.27. The second-order valence-corrected chi connectivity index (χ2v) is 8.35. The minimum atomic E-state index is -0.493. The molecule has 0 bridgehead atoms. The molecule has 2 unspecified atom stereocenters. The summed E-state index contributed by atoms with van der Waals surface area (Å²) in [5.74, 6) is 0.277. The zero-order valence-electron chi connectivity index (χ0n) is 17.9. The first kappa shape index (κ1) is 22.2. The topological polar surface area (TPSA) is 75.6 Å². The maximum absolute atomic E-state index is 13.1. The standard InChI is InChI=1S/C25H25N3O3.ClH/c1-16-13-19(9-11-26-16)18-7-5-17(6-8-18)14-28-15-20-10-12-27-24(23(20)25(28)30)31-22-4-2-3-21(22)29;/h5-13,21-22,29H,2-4,14-15H2,1H3;1H. The monoisotopic (exact) mass is 451 g/mol. The molecule has 1 aliphatic carbocycles. The number of carbonyl (C=O) groups excluding carboxylic acids is 1. The Balaban J connectivity index is 0.00000245. The van der Waals surface area contributed by atoms with Gasteiger partial charge in [0.25, 0.3) is 5.91 Å². The highest BCUT2D eigenvalue weighted by Gasteiger charge is 2.34. The zero-order chi connectivity index (χ0) is 21.4. The van der Waals surface area contributed by atoms with Crippen LogP contribution in [-0.4, -0.2) is 38.1 Å². The van der Waals surface area contributed by atoms with E-state index in [0.717, 1.165) is 47.2 Å². The molecule has 3 aromatic rings. The number of aliphatic hydroxyl groups excluding tert-OH is 1. The Kier molecular flexibility index (Phi) is 6.44. The zero-order valence-corrected chi connectivity index (χ0v) is 18.7. The number of carbonyl (C=O) groups is 1. The SMILES string of the molecule is Cc1cc(-c2ccc(CN3Cc4ccnc(OC5CCCC5O)c4C3=O)cc2)ccn1.Cl. The summed E-state index contributed by atoms with van der Waals surface area (Å²) < 4.78 is 5.96. The molecule has 1 N–H and O–H groups in total. The Morgan fingerprint density at radius 1 is 1.06 bits per heavy atom. The quantitative estimate of drug-likeness (QED) is 0.625. The van der Waals surface area contributed by atoms with Crippen molar-refractivity contribution < 1.29 is 14.6 Å². The summed E-state index contributed by atoms with van der Waals surface area (Å²) in [5, 5.41) is 10.1. The molecule has 1 fully saturated rings. The smallest absolute Gasteiger partial charge is 0.260 e. The van der Waals surface area contributed by atoms with Gasteiger partial charge in [-0.25, -0.2) is 4.98 Å². The lowest BCUT2D eigenvalue weighted by atomic mass is 10.0. The van der Waals surface area contributed by atoms with Gasteiger partial charge in [0.1, 0.15) is 11.7 Å². The molecule has 3 heterocycles. The van der Waals surface area contributed by atoms with E-state index < -0.39 is 6.10 Å². The van der Waals surface area contributed by atoms with E-state index in [2.05, 4.69) is 40.3 Å². The average molecular weight is 452 g/mol. The van der Waals surface area contributed by atoms with Gasteiger partial charge in [-0.15, -0.1) is 12.4 Å². The number of hydrogen-bond acceptors (Lipinski definition) is 5. The molecule has 0 radical (unpaired) electrons. The molecule has 5 rings (SSSR count). The van der Waals surface area contributed by atoms with Gasteiger partial charge in [0.05, 0.1) is 6.10 Å². The first-order valence-electron chi connectivity index (χ1n) is 10.7. The van der Waals surface area contributed by atoms with E-state index in [1.54, 1.807) is 6.20 Å². The summed E-state index contributed by atoms with van der Waals surface area (Å²) in [6.07, 6.45) is 5.16. The number of ether oxygens (including phenoxy) is 1. The van der Waals surface area contributed by atoms with Crippen LogP contribution in [0.4, 0.5) is 0 Å². The largest absolute Gasteiger partial charge is 0.471 e. The Labute approximate surface area is 193 Å². The Morgan fingerprint density at radius 3 is 2.56 bits per heavy atom. The summed E-state index contributed by atoms with van der Waals surface area (Å²) >= 11 is 0. The van der Waals surface area contributed by atoms with E-state index >= 15 is 0 Å². The van der Waals surface area contributed by atoms with Crippen molar-refractivity contribution in [2.75, 3.05) is 0 Å². The molecule has 1 saturated carbocycles. The fraction of sp³-hybridized carbons (Fsp3) is 0.320. The molecule has 7 heteroatoms. The third-order valence-electron chi connectivity index (χ3n) is 6.10. The van der Waals surface area contributed by atoms with E-state index in [0.29, 0.717) is 24.5 Å². The summed E-state index contributed by atoms with van der Waals surface area (Å²) in [5.41, 5.74) is 5.76. The van der Waals surface area contributed by atoms with Gasteiger partial charge < -0.3 is 14.7 Å². The van der Waals surface area contributed by atoms with E-state index in [1.165, 1.54) is 0 Å². The van der Waals surface area contributed by atoms with E-state index in [4.69, 9.17) is 4.74 Å². The second kappa shape index (κ2) is 9.27. The van der Waals surface area contributed by atoms with Gasteiger partial charge in [-0.1, -0.05) is 24.3 Å². The summed E-state index contributed by atoms with van der Waals surface area (Å²) in [7, 11) is 0. The molecule has 2 aromatic heterocycles. The number of aliphatic hydroxyl groups is 1. The van der Waals surface area contributed by atoms with Crippen LogP contribution >= 0.6 is 12.4 Å². The molecule has 32 heavy (non-hydrogen) atoms. The van der Waals surface area contributed by atoms with Gasteiger partial charge in [0.2, 0.25) is 5.88 Å². The highest BCUT2D eigenvalue weighted by atomic mass is 35.5. The van der Waals surface area contributed by atoms with Crippen LogP contribution in [0.5, 0.6) is 5.88 Å². The van der Waals surface area contributed by atoms with Crippen molar-refractivity contribution in [2.45, 2.75) is 51.5 Å². The van der Waals surface area contributed by atoms with Gasteiger partial charge >= 0.3 is 0 Å². The number of aryl methyl sites for hydroxylation is 1. The minimum Gasteiger partial charge on any atom is -0.471 e. The van der Waals surface area contributed by atoms with Gasteiger partial charge in [-0.3, -0.25) is 9.78 Å². The van der Waals surface area contributed by atoms with Crippen LogP contribution in [0, 0.1) is 6.92 Å². The Hall–Kier alpha value is -2.96. The maximum atomic E-state index is 13.1. The molecule has 1 aliphatic heterocycles. The molecule has 1 amide bonds. The fourth-order valence-corrected chi connectivity index (χ4v) is 4.43. The number of pyridine rings is 2. The average Bonchev–Trinajstić information content (AvgIpc) is 3.32. The van der Waals surface area contributed by atoms with Crippen LogP contribution in [0.15, 0.2) is 54.9 Å². The maximum Gasteiger partial charge on any atom is 0.260 e. The van der Waals surface area contributed by atoms with Crippen molar-refractivity contribution >= 4 is 18.3 Å². The van der Waals surface area contributed by atoms with Crippen molar-refractivity contribution in [3.05, 3.63) is 77.2 Å². The molecule has 0 spiro atoms. The molecule has 166 valence electrons. The van der Waals surface area contributed by atoms with Gasteiger partial charge in [-0.2, -0.15) is 0 Å².